The van der Waals surface area contributed by atoms with E-state index in [-0.39, 0.29) is 5.91 Å². The largest absolute Gasteiger partial charge is 0.291 e. The number of hydrazone groups is 1. The molecule has 0 aliphatic heterocycles. The minimum Gasteiger partial charge on any atom is -0.281 e. The first-order chi connectivity index (χ1) is 9.33. The van der Waals surface area contributed by atoms with Crippen LogP contribution in [0.4, 0.5) is 0 Å². The first-order valence-electron chi connectivity index (χ1n) is 6.27. The lowest BCUT2D eigenvalue weighted by Crippen LogP contribution is -2.17. The van der Waals surface area contributed by atoms with Gasteiger partial charge in [-0.15, -0.1) is 0 Å². The standard InChI is InChI=1S/C14H14N4O/c19-14(13-8-12(16-17-13)11-6-7-11)18-15-9-10-4-2-1-3-5-10/h1-5,8-9,11H,6-7H2,(H,16,17)(H,18,19). The van der Waals surface area contributed by atoms with Crippen molar-refractivity contribution in [1.82, 2.24) is 15.6 Å². The molecule has 1 aromatic carbocycles. The lowest BCUT2D eigenvalue weighted by molar-refractivity contribution is 0.0950. The second-order valence-electron chi connectivity index (χ2n) is 4.59. The van der Waals surface area contributed by atoms with E-state index in [9.17, 15) is 4.79 Å². The van der Waals surface area contributed by atoms with Gasteiger partial charge in [0.2, 0.25) is 0 Å². The number of amides is 1. The molecule has 1 heterocycles. The normalized spacial score (nSPS) is 14.7. The molecule has 19 heavy (non-hydrogen) atoms. The lowest BCUT2D eigenvalue weighted by Gasteiger charge is -1.94. The van der Waals surface area contributed by atoms with E-state index in [1.165, 1.54) is 12.8 Å². The number of carbonyl (C=O) groups is 1. The van der Waals surface area contributed by atoms with Gasteiger partial charge in [-0.2, -0.15) is 10.2 Å². The van der Waals surface area contributed by atoms with Crippen LogP contribution in [0.15, 0.2) is 41.5 Å². The maximum atomic E-state index is 11.8. The van der Waals surface area contributed by atoms with Gasteiger partial charge in [-0.3, -0.25) is 9.89 Å². The van der Waals surface area contributed by atoms with Crippen LogP contribution in [-0.2, 0) is 0 Å². The molecule has 1 aromatic heterocycles. The van der Waals surface area contributed by atoms with E-state index in [1.807, 2.05) is 30.3 Å². The summed E-state index contributed by atoms with van der Waals surface area (Å²) in [6.07, 6.45) is 3.96. The summed E-state index contributed by atoms with van der Waals surface area (Å²) in [7, 11) is 0. The van der Waals surface area contributed by atoms with Crippen LogP contribution in [0.25, 0.3) is 0 Å². The summed E-state index contributed by atoms with van der Waals surface area (Å²) in [4.78, 5) is 11.8. The molecule has 1 fully saturated rings. The van der Waals surface area contributed by atoms with E-state index >= 15 is 0 Å². The Morgan fingerprint density at radius 1 is 1.37 bits per heavy atom. The van der Waals surface area contributed by atoms with Crippen molar-refractivity contribution in [3.8, 4) is 0 Å². The van der Waals surface area contributed by atoms with Crippen LogP contribution < -0.4 is 5.43 Å². The molecule has 0 unspecified atom stereocenters. The highest BCUT2D eigenvalue weighted by atomic mass is 16.2. The zero-order valence-corrected chi connectivity index (χ0v) is 10.3. The number of H-pyrrole nitrogens is 1. The summed E-state index contributed by atoms with van der Waals surface area (Å²) in [5, 5.41) is 10.8. The molecular weight excluding hydrogens is 240 g/mol. The fraction of sp³-hybridized carbons (Fsp3) is 0.214. The van der Waals surface area contributed by atoms with E-state index in [1.54, 1.807) is 12.3 Å². The van der Waals surface area contributed by atoms with Crippen molar-refractivity contribution in [2.24, 2.45) is 5.10 Å². The van der Waals surface area contributed by atoms with Crippen molar-refractivity contribution in [2.75, 3.05) is 0 Å². The Balaban J connectivity index is 1.59. The number of carbonyl (C=O) groups excluding carboxylic acids is 1. The molecule has 1 aliphatic rings. The predicted octanol–water partition coefficient (Wildman–Crippen LogP) is 2.05. The zero-order chi connectivity index (χ0) is 13.1. The molecule has 96 valence electrons. The van der Waals surface area contributed by atoms with E-state index in [0.717, 1.165) is 11.3 Å². The molecule has 0 bridgehead atoms. The monoisotopic (exact) mass is 254 g/mol. The highest BCUT2D eigenvalue weighted by Crippen LogP contribution is 2.38. The average molecular weight is 254 g/mol. The predicted molar refractivity (Wildman–Crippen MR) is 72.1 cm³/mol. The van der Waals surface area contributed by atoms with Crippen molar-refractivity contribution in [3.63, 3.8) is 0 Å². The van der Waals surface area contributed by atoms with Crippen molar-refractivity contribution in [1.29, 1.82) is 0 Å². The highest BCUT2D eigenvalue weighted by molar-refractivity contribution is 5.93. The Morgan fingerprint density at radius 3 is 2.89 bits per heavy atom. The van der Waals surface area contributed by atoms with Gasteiger partial charge in [-0.05, 0) is 24.5 Å². The van der Waals surface area contributed by atoms with Gasteiger partial charge in [0.1, 0.15) is 0 Å². The third-order valence-electron chi connectivity index (χ3n) is 3.03. The number of benzene rings is 1. The second-order valence-corrected chi connectivity index (χ2v) is 4.59. The Kier molecular flexibility index (Phi) is 3.10. The van der Waals surface area contributed by atoms with Crippen molar-refractivity contribution in [2.45, 2.75) is 18.8 Å². The third-order valence-corrected chi connectivity index (χ3v) is 3.03. The first kappa shape index (κ1) is 11.6. The molecule has 5 heteroatoms. The topological polar surface area (TPSA) is 70.1 Å². The molecule has 0 saturated heterocycles. The summed E-state index contributed by atoms with van der Waals surface area (Å²) in [5.74, 6) is 0.261. The van der Waals surface area contributed by atoms with E-state index in [4.69, 9.17) is 0 Å². The molecule has 0 spiro atoms. The van der Waals surface area contributed by atoms with Gasteiger partial charge in [0.25, 0.3) is 5.91 Å². The van der Waals surface area contributed by atoms with Gasteiger partial charge in [0.15, 0.2) is 5.69 Å². The zero-order valence-electron chi connectivity index (χ0n) is 10.3. The van der Waals surface area contributed by atoms with Crippen molar-refractivity contribution < 1.29 is 4.79 Å². The lowest BCUT2D eigenvalue weighted by atomic mass is 10.2. The SMILES string of the molecule is O=C(NN=Cc1ccccc1)c1cc(C2CC2)[nH]n1. The molecule has 2 N–H and O–H groups in total. The molecule has 5 nitrogen and oxygen atoms in total. The van der Waals surface area contributed by atoms with Crippen LogP contribution in [0, 0.1) is 0 Å². The fourth-order valence-corrected chi connectivity index (χ4v) is 1.82. The van der Waals surface area contributed by atoms with E-state index < -0.39 is 0 Å². The number of aromatic amines is 1. The van der Waals surface area contributed by atoms with Crippen molar-refractivity contribution >= 4 is 12.1 Å². The quantitative estimate of drug-likeness (QED) is 0.647. The fourth-order valence-electron chi connectivity index (χ4n) is 1.82. The van der Waals surface area contributed by atoms with Gasteiger partial charge in [0, 0.05) is 11.6 Å². The number of nitrogens with one attached hydrogen (secondary N) is 2. The Bertz CT molecular complexity index is 599. The number of aromatic nitrogens is 2. The molecule has 1 aliphatic carbocycles. The highest BCUT2D eigenvalue weighted by Gasteiger charge is 2.26. The molecule has 1 amide bonds. The van der Waals surface area contributed by atoms with Gasteiger partial charge < -0.3 is 0 Å². The molecular formula is C14H14N4O. The first-order valence-corrected chi connectivity index (χ1v) is 6.27. The van der Waals surface area contributed by atoms with Crippen LogP contribution in [0.2, 0.25) is 0 Å². The van der Waals surface area contributed by atoms with Crippen LogP contribution >= 0.6 is 0 Å². The minimum atomic E-state index is -0.296. The summed E-state index contributed by atoms with van der Waals surface area (Å²) in [5.41, 5.74) is 4.82. The van der Waals surface area contributed by atoms with E-state index in [2.05, 4.69) is 20.7 Å². The number of hydrogen-bond acceptors (Lipinski definition) is 3. The molecule has 3 rings (SSSR count). The van der Waals surface area contributed by atoms with Gasteiger partial charge in [-0.1, -0.05) is 30.3 Å². The summed E-state index contributed by atoms with van der Waals surface area (Å²) < 4.78 is 0. The van der Waals surface area contributed by atoms with Gasteiger partial charge in [0.05, 0.1) is 6.21 Å². The Labute approximate surface area is 110 Å². The van der Waals surface area contributed by atoms with Crippen molar-refractivity contribution in [3.05, 3.63) is 53.3 Å². The summed E-state index contributed by atoms with van der Waals surface area (Å²) in [6.45, 7) is 0. The van der Waals surface area contributed by atoms with E-state index in [0.29, 0.717) is 11.6 Å². The third kappa shape index (κ3) is 2.88. The molecule has 0 radical (unpaired) electrons. The average Bonchev–Trinajstić information content (AvgIpc) is 3.17. The maximum Gasteiger partial charge on any atom is 0.291 e. The number of rotatable bonds is 4. The maximum absolute atomic E-state index is 11.8. The van der Waals surface area contributed by atoms with Gasteiger partial charge in [-0.25, -0.2) is 5.43 Å². The van der Waals surface area contributed by atoms with Crippen LogP contribution in [0.1, 0.15) is 40.5 Å². The van der Waals surface area contributed by atoms with Gasteiger partial charge >= 0.3 is 0 Å². The Hall–Kier alpha value is -2.43. The summed E-state index contributed by atoms with van der Waals surface area (Å²) >= 11 is 0. The van der Waals surface area contributed by atoms with Crippen LogP contribution in [0.5, 0.6) is 0 Å². The number of nitrogens with zero attached hydrogens (tertiary/aromatic N) is 2. The van der Waals surface area contributed by atoms with Crippen LogP contribution in [-0.4, -0.2) is 22.3 Å². The minimum absolute atomic E-state index is 0.296. The molecule has 1 saturated carbocycles. The molecule has 2 aromatic rings. The second kappa shape index (κ2) is 5.06. The summed E-state index contributed by atoms with van der Waals surface area (Å²) in [6, 6.07) is 11.4. The number of hydrogen-bond donors (Lipinski definition) is 2. The van der Waals surface area contributed by atoms with Crippen LogP contribution in [0.3, 0.4) is 0 Å². The smallest absolute Gasteiger partial charge is 0.281 e. The Morgan fingerprint density at radius 2 is 2.16 bits per heavy atom. The molecule has 0 atom stereocenters.